The van der Waals surface area contributed by atoms with Crippen molar-refractivity contribution in [1.82, 2.24) is 15.3 Å². The second-order valence-electron chi connectivity index (χ2n) is 6.80. The zero-order valence-corrected chi connectivity index (χ0v) is 13.9. The fraction of sp³-hybridized carbons (Fsp3) is 0.706. The number of nitrogens with zero attached hydrogens (tertiary/aromatic N) is 3. The second-order valence-corrected chi connectivity index (χ2v) is 6.80. The second kappa shape index (κ2) is 6.23. The van der Waals surface area contributed by atoms with Gasteiger partial charge in [0.05, 0.1) is 0 Å². The van der Waals surface area contributed by atoms with Gasteiger partial charge in [-0.15, -0.1) is 0 Å². The average Bonchev–Trinajstić information content (AvgIpc) is 2.94. The van der Waals surface area contributed by atoms with Gasteiger partial charge < -0.3 is 10.2 Å². The first kappa shape index (κ1) is 15.3. The third-order valence-corrected chi connectivity index (χ3v) is 4.62. The summed E-state index contributed by atoms with van der Waals surface area (Å²) >= 11 is 0. The van der Waals surface area contributed by atoms with Crippen LogP contribution in [0.5, 0.6) is 0 Å². The highest BCUT2D eigenvalue weighted by Gasteiger charge is 2.28. The van der Waals surface area contributed by atoms with E-state index in [2.05, 4.69) is 15.2 Å². The minimum absolute atomic E-state index is 0.148. The van der Waals surface area contributed by atoms with Crippen molar-refractivity contribution in [1.29, 1.82) is 0 Å². The maximum atomic E-state index is 12.1. The van der Waals surface area contributed by atoms with Crippen molar-refractivity contribution < 1.29 is 4.79 Å². The predicted molar refractivity (Wildman–Crippen MR) is 87.0 cm³/mol. The molecule has 1 aromatic heterocycles. The Morgan fingerprint density at radius 2 is 1.95 bits per heavy atom. The highest BCUT2D eigenvalue weighted by molar-refractivity contribution is 5.79. The normalized spacial score (nSPS) is 18.6. The van der Waals surface area contributed by atoms with E-state index in [1.165, 1.54) is 17.7 Å². The SMILES string of the molecule is Cc1nc2c(c(N3CCC(C(=O)NC(C)C)CC3)n1)CCC2. The Morgan fingerprint density at radius 3 is 2.64 bits per heavy atom. The molecule has 1 aromatic rings. The predicted octanol–water partition coefficient (Wildman–Crippen LogP) is 2.01. The molecule has 1 N–H and O–H groups in total. The molecule has 1 aliphatic heterocycles. The fourth-order valence-corrected chi connectivity index (χ4v) is 3.55. The molecular formula is C17H26N4O. The van der Waals surface area contributed by atoms with Gasteiger partial charge in [-0.05, 0) is 52.9 Å². The Balaban J connectivity index is 1.69. The molecule has 1 amide bonds. The van der Waals surface area contributed by atoms with Gasteiger partial charge in [-0.1, -0.05) is 0 Å². The zero-order chi connectivity index (χ0) is 15.7. The molecule has 0 atom stereocenters. The van der Waals surface area contributed by atoms with Gasteiger partial charge in [0, 0.05) is 36.3 Å². The molecular weight excluding hydrogens is 276 g/mol. The summed E-state index contributed by atoms with van der Waals surface area (Å²) in [6, 6.07) is 0.221. The zero-order valence-electron chi connectivity index (χ0n) is 13.9. The maximum absolute atomic E-state index is 12.1. The van der Waals surface area contributed by atoms with Crippen molar-refractivity contribution in [2.75, 3.05) is 18.0 Å². The Bertz CT molecular complexity index is 562. The van der Waals surface area contributed by atoms with E-state index in [0.717, 1.165) is 50.4 Å². The van der Waals surface area contributed by atoms with Gasteiger partial charge >= 0.3 is 0 Å². The average molecular weight is 302 g/mol. The number of nitrogens with one attached hydrogen (secondary N) is 1. The van der Waals surface area contributed by atoms with Crippen LogP contribution in [-0.2, 0) is 17.6 Å². The lowest BCUT2D eigenvalue weighted by atomic mass is 9.95. The molecule has 3 rings (SSSR count). The number of carbonyl (C=O) groups excluding carboxylic acids is 1. The third-order valence-electron chi connectivity index (χ3n) is 4.62. The number of fused-ring (bicyclic) bond motifs is 1. The molecule has 0 spiro atoms. The molecule has 1 fully saturated rings. The number of anilines is 1. The summed E-state index contributed by atoms with van der Waals surface area (Å²) in [4.78, 5) is 23.8. The third kappa shape index (κ3) is 3.08. The Morgan fingerprint density at radius 1 is 1.23 bits per heavy atom. The van der Waals surface area contributed by atoms with Crippen LogP contribution in [0.4, 0.5) is 5.82 Å². The van der Waals surface area contributed by atoms with Crippen molar-refractivity contribution in [2.45, 2.75) is 58.9 Å². The molecule has 0 unspecified atom stereocenters. The molecule has 5 nitrogen and oxygen atoms in total. The van der Waals surface area contributed by atoms with Crippen LogP contribution in [-0.4, -0.2) is 35.0 Å². The number of hydrogen-bond acceptors (Lipinski definition) is 4. The van der Waals surface area contributed by atoms with E-state index in [0.29, 0.717) is 0 Å². The van der Waals surface area contributed by atoms with Gasteiger partial charge in [-0.2, -0.15) is 0 Å². The van der Waals surface area contributed by atoms with Crippen molar-refractivity contribution in [3.05, 3.63) is 17.1 Å². The Kier molecular flexibility index (Phi) is 4.32. The summed E-state index contributed by atoms with van der Waals surface area (Å²) in [5.74, 6) is 2.35. The highest BCUT2D eigenvalue weighted by Crippen LogP contribution is 2.31. The van der Waals surface area contributed by atoms with Gasteiger partial charge in [-0.3, -0.25) is 4.79 Å². The number of hydrogen-bond donors (Lipinski definition) is 1. The smallest absolute Gasteiger partial charge is 0.223 e. The first-order chi connectivity index (χ1) is 10.5. The summed E-state index contributed by atoms with van der Waals surface area (Å²) < 4.78 is 0. The van der Waals surface area contributed by atoms with Crippen LogP contribution in [0.15, 0.2) is 0 Å². The number of piperidine rings is 1. The lowest BCUT2D eigenvalue weighted by molar-refractivity contribution is -0.126. The number of aromatic nitrogens is 2. The van der Waals surface area contributed by atoms with Crippen LogP contribution < -0.4 is 10.2 Å². The molecule has 2 aliphatic rings. The Hall–Kier alpha value is -1.65. The molecule has 0 saturated carbocycles. The van der Waals surface area contributed by atoms with Crippen LogP contribution in [0, 0.1) is 12.8 Å². The molecule has 120 valence electrons. The topological polar surface area (TPSA) is 58.1 Å². The quantitative estimate of drug-likeness (QED) is 0.928. The summed E-state index contributed by atoms with van der Waals surface area (Å²) in [5.41, 5.74) is 2.58. The number of aryl methyl sites for hydroxylation is 2. The van der Waals surface area contributed by atoms with Crippen LogP contribution in [0.25, 0.3) is 0 Å². The van der Waals surface area contributed by atoms with Gasteiger partial charge in [0.15, 0.2) is 0 Å². The lowest BCUT2D eigenvalue weighted by Crippen LogP contribution is -2.43. The molecule has 0 radical (unpaired) electrons. The molecule has 1 saturated heterocycles. The standard InChI is InChI=1S/C17H26N4O/c1-11(2)18-17(22)13-7-9-21(10-8-13)16-14-5-4-6-15(14)19-12(3)20-16/h11,13H,4-10H2,1-3H3,(H,18,22). The van der Waals surface area contributed by atoms with Crippen LogP contribution >= 0.6 is 0 Å². The van der Waals surface area contributed by atoms with Crippen LogP contribution in [0.2, 0.25) is 0 Å². The largest absolute Gasteiger partial charge is 0.356 e. The minimum Gasteiger partial charge on any atom is -0.356 e. The minimum atomic E-state index is 0.148. The van der Waals surface area contributed by atoms with Crippen molar-refractivity contribution in [3.63, 3.8) is 0 Å². The molecule has 2 heterocycles. The van der Waals surface area contributed by atoms with E-state index in [1.54, 1.807) is 0 Å². The van der Waals surface area contributed by atoms with E-state index < -0.39 is 0 Å². The molecule has 0 bridgehead atoms. The van der Waals surface area contributed by atoms with Crippen molar-refractivity contribution in [2.24, 2.45) is 5.92 Å². The number of amides is 1. The Labute approximate surface area is 132 Å². The summed E-state index contributed by atoms with van der Waals surface area (Å²) in [7, 11) is 0. The van der Waals surface area contributed by atoms with Gasteiger partial charge in [0.25, 0.3) is 0 Å². The lowest BCUT2D eigenvalue weighted by Gasteiger charge is -2.33. The molecule has 0 aromatic carbocycles. The van der Waals surface area contributed by atoms with E-state index in [4.69, 9.17) is 4.98 Å². The number of carbonyl (C=O) groups is 1. The van der Waals surface area contributed by atoms with Gasteiger partial charge in [0.2, 0.25) is 5.91 Å². The summed E-state index contributed by atoms with van der Waals surface area (Å²) in [5, 5.41) is 3.03. The first-order valence-corrected chi connectivity index (χ1v) is 8.46. The van der Waals surface area contributed by atoms with E-state index in [-0.39, 0.29) is 17.9 Å². The van der Waals surface area contributed by atoms with Gasteiger partial charge in [-0.25, -0.2) is 9.97 Å². The molecule has 1 aliphatic carbocycles. The van der Waals surface area contributed by atoms with Crippen molar-refractivity contribution in [3.8, 4) is 0 Å². The molecule has 22 heavy (non-hydrogen) atoms. The first-order valence-electron chi connectivity index (χ1n) is 8.46. The van der Waals surface area contributed by atoms with Crippen LogP contribution in [0.1, 0.15) is 50.2 Å². The van der Waals surface area contributed by atoms with Crippen LogP contribution in [0.3, 0.4) is 0 Å². The van der Waals surface area contributed by atoms with Crippen molar-refractivity contribution >= 4 is 11.7 Å². The monoisotopic (exact) mass is 302 g/mol. The van der Waals surface area contributed by atoms with E-state index in [1.807, 2.05) is 20.8 Å². The molecule has 5 heteroatoms. The van der Waals surface area contributed by atoms with Gasteiger partial charge in [0.1, 0.15) is 11.6 Å². The summed E-state index contributed by atoms with van der Waals surface area (Å²) in [6.45, 7) is 7.84. The van der Waals surface area contributed by atoms with E-state index in [9.17, 15) is 4.79 Å². The number of rotatable bonds is 3. The van der Waals surface area contributed by atoms with E-state index >= 15 is 0 Å². The highest BCUT2D eigenvalue weighted by atomic mass is 16.1. The maximum Gasteiger partial charge on any atom is 0.223 e. The fourth-order valence-electron chi connectivity index (χ4n) is 3.55. The summed E-state index contributed by atoms with van der Waals surface area (Å²) in [6.07, 6.45) is 5.19.